The molecule has 0 aliphatic carbocycles. The zero-order valence-electron chi connectivity index (χ0n) is 14.3. The average molecular weight is 343 g/mol. The SMILES string of the molecule is Cn1cc(-c2ccncc2C=CC(=O)NCc2ccc(C#N)cc2)cn1. The first-order valence-corrected chi connectivity index (χ1v) is 8.03. The molecule has 0 saturated heterocycles. The molecule has 0 fully saturated rings. The third kappa shape index (κ3) is 4.22. The molecule has 0 aliphatic heterocycles. The molecular weight excluding hydrogens is 326 g/mol. The molecule has 3 aromatic rings. The molecule has 3 rings (SSSR count). The normalized spacial score (nSPS) is 10.6. The van der Waals surface area contributed by atoms with Gasteiger partial charge >= 0.3 is 0 Å². The highest BCUT2D eigenvalue weighted by molar-refractivity contribution is 5.92. The van der Waals surface area contributed by atoms with E-state index in [1.165, 1.54) is 6.08 Å². The first kappa shape index (κ1) is 17.1. The van der Waals surface area contributed by atoms with E-state index in [-0.39, 0.29) is 5.91 Å². The average Bonchev–Trinajstić information content (AvgIpc) is 3.11. The summed E-state index contributed by atoms with van der Waals surface area (Å²) in [4.78, 5) is 16.2. The smallest absolute Gasteiger partial charge is 0.244 e. The molecule has 0 bridgehead atoms. The van der Waals surface area contributed by atoms with Crippen LogP contribution >= 0.6 is 0 Å². The van der Waals surface area contributed by atoms with Crippen LogP contribution in [0.1, 0.15) is 16.7 Å². The summed E-state index contributed by atoms with van der Waals surface area (Å²) in [5.41, 5.74) is 4.30. The van der Waals surface area contributed by atoms with Gasteiger partial charge in [-0.2, -0.15) is 10.4 Å². The van der Waals surface area contributed by atoms with Crippen LogP contribution in [0, 0.1) is 11.3 Å². The summed E-state index contributed by atoms with van der Waals surface area (Å²) in [7, 11) is 1.86. The van der Waals surface area contributed by atoms with E-state index < -0.39 is 0 Å². The highest BCUT2D eigenvalue weighted by atomic mass is 16.1. The lowest BCUT2D eigenvalue weighted by molar-refractivity contribution is -0.116. The Labute approximate surface area is 151 Å². The molecule has 2 aromatic heterocycles. The van der Waals surface area contributed by atoms with Crippen molar-refractivity contribution < 1.29 is 4.79 Å². The van der Waals surface area contributed by atoms with Gasteiger partial charge in [0.1, 0.15) is 0 Å². The van der Waals surface area contributed by atoms with E-state index in [0.29, 0.717) is 12.1 Å². The van der Waals surface area contributed by atoms with Gasteiger partial charge in [-0.15, -0.1) is 0 Å². The molecule has 0 saturated carbocycles. The highest BCUT2D eigenvalue weighted by Gasteiger charge is 2.05. The van der Waals surface area contributed by atoms with Gasteiger partial charge in [0, 0.05) is 49.4 Å². The standard InChI is InChI=1S/C20H17N5O/c1-25-14-18(13-24-25)19-8-9-22-12-17(19)6-7-20(26)23-11-16-4-2-15(10-21)3-5-16/h2-9,12-14H,11H2,1H3,(H,23,26). The Balaban J connectivity index is 1.66. The van der Waals surface area contributed by atoms with Crippen LogP contribution in [0.2, 0.25) is 0 Å². The maximum absolute atomic E-state index is 12.1. The maximum Gasteiger partial charge on any atom is 0.244 e. The number of nitrogens with one attached hydrogen (secondary N) is 1. The van der Waals surface area contributed by atoms with Gasteiger partial charge in [-0.1, -0.05) is 12.1 Å². The Kier molecular flexibility index (Phi) is 5.20. The molecule has 2 heterocycles. The number of carbonyl (C=O) groups excluding carboxylic acids is 1. The fourth-order valence-corrected chi connectivity index (χ4v) is 2.47. The molecule has 6 nitrogen and oxygen atoms in total. The number of pyridine rings is 1. The fraction of sp³-hybridized carbons (Fsp3) is 0.100. The summed E-state index contributed by atoms with van der Waals surface area (Å²) in [6, 6.07) is 11.1. The second-order valence-corrected chi connectivity index (χ2v) is 5.73. The molecule has 0 spiro atoms. The Morgan fingerprint density at radius 3 is 2.77 bits per heavy atom. The van der Waals surface area contributed by atoms with Crippen molar-refractivity contribution in [3.63, 3.8) is 0 Å². The van der Waals surface area contributed by atoms with Gasteiger partial charge < -0.3 is 5.32 Å². The van der Waals surface area contributed by atoms with Crippen molar-refractivity contribution in [3.8, 4) is 17.2 Å². The topological polar surface area (TPSA) is 83.6 Å². The third-order valence-electron chi connectivity index (χ3n) is 3.83. The number of rotatable bonds is 5. The minimum atomic E-state index is -0.199. The molecule has 128 valence electrons. The van der Waals surface area contributed by atoms with Crippen molar-refractivity contribution >= 4 is 12.0 Å². The van der Waals surface area contributed by atoms with Crippen molar-refractivity contribution in [1.82, 2.24) is 20.1 Å². The monoisotopic (exact) mass is 343 g/mol. The lowest BCUT2D eigenvalue weighted by atomic mass is 10.0. The van der Waals surface area contributed by atoms with Crippen molar-refractivity contribution in [2.24, 2.45) is 7.05 Å². The number of aryl methyl sites for hydroxylation is 1. The van der Waals surface area contributed by atoms with Crippen molar-refractivity contribution in [2.45, 2.75) is 6.54 Å². The number of carbonyl (C=O) groups is 1. The number of amides is 1. The van der Waals surface area contributed by atoms with Gasteiger partial charge in [-0.05, 0) is 35.4 Å². The van der Waals surface area contributed by atoms with Gasteiger partial charge in [-0.25, -0.2) is 0 Å². The summed E-state index contributed by atoms with van der Waals surface area (Å²) in [5, 5.41) is 15.8. The van der Waals surface area contributed by atoms with Crippen molar-refractivity contribution in [1.29, 1.82) is 5.26 Å². The van der Waals surface area contributed by atoms with Crippen LogP contribution in [-0.2, 0) is 18.4 Å². The molecule has 1 amide bonds. The van der Waals surface area contributed by atoms with Crippen LogP contribution in [0.3, 0.4) is 0 Å². The molecule has 1 N–H and O–H groups in total. The minimum Gasteiger partial charge on any atom is -0.348 e. The molecule has 0 aliphatic rings. The number of benzene rings is 1. The lowest BCUT2D eigenvalue weighted by Gasteiger charge is -2.04. The first-order valence-electron chi connectivity index (χ1n) is 8.03. The van der Waals surface area contributed by atoms with Crippen molar-refractivity contribution in [2.75, 3.05) is 0 Å². The Hall–Kier alpha value is -3.72. The van der Waals surface area contributed by atoms with E-state index in [1.54, 1.807) is 41.5 Å². The molecular formula is C20H17N5O. The second kappa shape index (κ2) is 7.90. The predicted molar refractivity (Wildman–Crippen MR) is 98.5 cm³/mol. The number of nitriles is 1. The first-order chi connectivity index (χ1) is 12.7. The quantitative estimate of drug-likeness (QED) is 0.722. The zero-order valence-corrected chi connectivity index (χ0v) is 14.3. The Morgan fingerprint density at radius 2 is 2.08 bits per heavy atom. The zero-order chi connectivity index (χ0) is 18.4. The second-order valence-electron chi connectivity index (χ2n) is 5.73. The largest absolute Gasteiger partial charge is 0.348 e. The fourth-order valence-electron chi connectivity index (χ4n) is 2.47. The van der Waals surface area contributed by atoms with Crippen LogP contribution in [0.15, 0.2) is 61.2 Å². The number of aromatic nitrogens is 3. The van der Waals surface area contributed by atoms with Crippen LogP contribution in [-0.4, -0.2) is 20.7 Å². The van der Waals surface area contributed by atoms with Gasteiger partial charge in [-0.3, -0.25) is 14.5 Å². The third-order valence-corrected chi connectivity index (χ3v) is 3.83. The van der Waals surface area contributed by atoms with E-state index in [1.807, 2.05) is 31.4 Å². The van der Waals surface area contributed by atoms with Gasteiger partial charge in [0.25, 0.3) is 0 Å². The van der Waals surface area contributed by atoms with Gasteiger partial charge in [0.05, 0.1) is 17.8 Å². The Morgan fingerprint density at radius 1 is 1.27 bits per heavy atom. The summed E-state index contributed by atoms with van der Waals surface area (Å²) in [6.45, 7) is 0.400. The van der Waals surface area contributed by atoms with Crippen molar-refractivity contribution in [3.05, 3.63) is 77.9 Å². The summed E-state index contributed by atoms with van der Waals surface area (Å²) < 4.78 is 1.73. The molecule has 6 heteroatoms. The highest BCUT2D eigenvalue weighted by Crippen LogP contribution is 2.23. The van der Waals surface area contributed by atoms with E-state index in [9.17, 15) is 4.79 Å². The lowest BCUT2D eigenvalue weighted by Crippen LogP contribution is -2.20. The summed E-state index contributed by atoms with van der Waals surface area (Å²) in [6.07, 6.45) is 10.3. The number of hydrogen-bond acceptors (Lipinski definition) is 4. The summed E-state index contributed by atoms with van der Waals surface area (Å²) >= 11 is 0. The Bertz CT molecular complexity index is 980. The molecule has 0 atom stereocenters. The number of hydrogen-bond donors (Lipinski definition) is 1. The predicted octanol–water partition coefficient (Wildman–Crippen LogP) is 2.68. The van der Waals surface area contributed by atoms with Crippen LogP contribution in [0.5, 0.6) is 0 Å². The molecule has 1 aromatic carbocycles. The summed E-state index contributed by atoms with van der Waals surface area (Å²) in [5.74, 6) is -0.199. The van der Waals surface area contributed by atoms with Crippen LogP contribution < -0.4 is 5.32 Å². The van der Waals surface area contributed by atoms with E-state index in [2.05, 4.69) is 21.5 Å². The van der Waals surface area contributed by atoms with Crippen LogP contribution in [0.25, 0.3) is 17.2 Å². The molecule has 0 radical (unpaired) electrons. The van der Waals surface area contributed by atoms with E-state index in [0.717, 1.165) is 22.3 Å². The molecule has 26 heavy (non-hydrogen) atoms. The van der Waals surface area contributed by atoms with E-state index >= 15 is 0 Å². The van der Waals surface area contributed by atoms with Gasteiger partial charge in [0.15, 0.2) is 0 Å². The van der Waals surface area contributed by atoms with Gasteiger partial charge in [0.2, 0.25) is 5.91 Å². The molecule has 0 unspecified atom stereocenters. The van der Waals surface area contributed by atoms with Crippen LogP contribution in [0.4, 0.5) is 0 Å². The number of nitrogens with zero attached hydrogens (tertiary/aromatic N) is 4. The maximum atomic E-state index is 12.1. The minimum absolute atomic E-state index is 0.199. The van der Waals surface area contributed by atoms with E-state index in [4.69, 9.17) is 5.26 Å².